The Morgan fingerprint density at radius 3 is 2.15 bits per heavy atom. The van der Waals surface area contributed by atoms with Crippen LogP contribution < -0.4 is 0 Å². The summed E-state index contributed by atoms with van der Waals surface area (Å²) in [4.78, 5) is 47.5. The minimum atomic E-state index is -1.82. The number of carbonyl (C=O) groups is 4. The van der Waals surface area contributed by atoms with Gasteiger partial charge in [0.05, 0.1) is 11.5 Å². The van der Waals surface area contributed by atoms with Crippen LogP contribution in [0.15, 0.2) is 48.5 Å². The van der Waals surface area contributed by atoms with E-state index in [-0.39, 0.29) is 23.3 Å². The van der Waals surface area contributed by atoms with Crippen molar-refractivity contribution in [2.45, 2.75) is 25.8 Å². The highest BCUT2D eigenvalue weighted by Gasteiger charge is 2.33. The third kappa shape index (κ3) is 5.94. The van der Waals surface area contributed by atoms with Crippen LogP contribution in [0.2, 0.25) is 0 Å². The van der Waals surface area contributed by atoms with Gasteiger partial charge in [-0.2, -0.15) is 0 Å². The van der Waals surface area contributed by atoms with Gasteiger partial charge in [0.1, 0.15) is 5.82 Å². The third-order valence-corrected chi connectivity index (χ3v) is 5.79. The number of halogens is 1. The number of carboxylic acid groups (broad SMARTS) is 2. The van der Waals surface area contributed by atoms with Crippen LogP contribution in [-0.2, 0) is 27.3 Å². The number of piperidine rings is 1. The second-order valence-electron chi connectivity index (χ2n) is 7.96. The maximum Gasteiger partial charge on any atom is 0.414 e. The number of fused-ring (bicyclic) bond motifs is 1. The zero-order valence-corrected chi connectivity index (χ0v) is 17.9. The van der Waals surface area contributed by atoms with Gasteiger partial charge in [-0.25, -0.2) is 14.0 Å². The van der Waals surface area contributed by atoms with Gasteiger partial charge in [-0.3, -0.25) is 9.59 Å². The SMILES string of the molecule is O=C(O)C(=O)O.O=C(c1ccccc1F)N1CCCC(C(=O)N2CCc3ccccc3C2)C1. The molecule has 8 nitrogen and oxygen atoms in total. The Morgan fingerprint density at radius 2 is 1.48 bits per heavy atom. The monoisotopic (exact) mass is 456 g/mol. The quantitative estimate of drug-likeness (QED) is 0.671. The van der Waals surface area contributed by atoms with Gasteiger partial charge in [0, 0.05) is 26.2 Å². The summed E-state index contributed by atoms with van der Waals surface area (Å²) < 4.78 is 14.0. The van der Waals surface area contributed by atoms with Crippen molar-refractivity contribution in [3.8, 4) is 0 Å². The Bertz CT molecular complexity index is 1040. The first-order valence-electron chi connectivity index (χ1n) is 10.6. The van der Waals surface area contributed by atoms with Crippen molar-refractivity contribution in [2.75, 3.05) is 19.6 Å². The summed E-state index contributed by atoms with van der Waals surface area (Å²) in [6.07, 6.45) is 2.41. The average Bonchev–Trinajstić information content (AvgIpc) is 2.83. The van der Waals surface area contributed by atoms with Crippen molar-refractivity contribution in [3.05, 3.63) is 71.0 Å². The smallest absolute Gasteiger partial charge is 0.414 e. The standard InChI is InChI=1S/C22H23FN2O2.C2H2O4/c23-20-10-4-3-9-19(20)22(27)24-12-5-8-18(15-24)21(26)25-13-11-16-6-1-2-7-17(16)14-25;3-1(4)2(5)6/h1-4,6-7,9-10,18H,5,8,11-15H2;(H,3,4)(H,5,6). The number of hydrogen-bond acceptors (Lipinski definition) is 4. The zero-order valence-electron chi connectivity index (χ0n) is 17.9. The fourth-order valence-electron chi connectivity index (χ4n) is 4.11. The van der Waals surface area contributed by atoms with Crippen LogP contribution >= 0.6 is 0 Å². The molecule has 33 heavy (non-hydrogen) atoms. The lowest BCUT2D eigenvalue weighted by Crippen LogP contribution is -2.48. The topological polar surface area (TPSA) is 115 Å². The second-order valence-corrected chi connectivity index (χ2v) is 7.96. The molecule has 0 saturated carbocycles. The highest BCUT2D eigenvalue weighted by molar-refractivity contribution is 6.27. The largest absolute Gasteiger partial charge is 0.473 e. The first kappa shape index (κ1) is 23.9. The van der Waals surface area contributed by atoms with Gasteiger partial charge in [0.2, 0.25) is 5.91 Å². The van der Waals surface area contributed by atoms with Gasteiger partial charge in [-0.1, -0.05) is 36.4 Å². The van der Waals surface area contributed by atoms with Crippen LogP contribution in [-0.4, -0.2) is 63.4 Å². The van der Waals surface area contributed by atoms with Crippen LogP contribution in [0.5, 0.6) is 0 Å². The molecule has 2 heterocycles. The number of hydrogen-bond donors (Lipinski definition) is 2. The van der Waals surface area contributed by atoms with Gasteiger partial charge in [-0.15, -0.1) is 0 Å². The fraction of sp³-hybridized carbons (Fsp3) is 0.333. The molecule has 2 aliphatic heterocycles. The second kappa shape index (κ2) is 10.7. The van der Waals surface area contributed by atoms with Gasteiger partial charge in [0.25, 0.3) is 5.91 Å². The number of nitrogens with zero attached hydrogens (tertiary/aromatic N) is 2. The Balaban J connectivity index is 0.000000454. The summed E-state index contributed by atoms with van der Waals surface area (Å²) in [5, 5.41) is 14.8. The molecule has 0 aliphatic carbocycles. The van der Waals surface area contributed by atoms with Gasteiger partial charge in [-0.05, 0) is 42.5 Å². The average molecular weight is 456 g/mol. The normalized spacial score (nSPS) is 17.3. The molecule has 0 radical (unpaired) electrons. The van der Waals surface area contributed by atoms with Gasteiger partial charge < -0.3 is 20.0 Å². The van der Waals surface area contributed by atoms with Crippen LogP contribution in [0.25, 0.3) is 0 Å². The molecule has 1 atom stereocenters. The van der Waals surface area contributed by atoms with E-state index in [1.807, 2.05) is 17.0 Å². The van der Waals surface area contributed by atoms with Crippen LogP contribution in [0.3, 0.4) is 0 Å². The number of rotatable bonds is 2. The van der Waals surface area contributed by atoms with Crippen molar-refractivity contribution in [2.24, 2.45) is 5.92 Å². The molecule has 2 aromatic carbocycles. The number of carbonyl (C=O) groups excluding carboxylic acids is 2. The molecule has 1 saturated heterocycles. The summed E-state index contributed by atoms with van der Waals surface area (Å²) >= 11 is 0. The summed E-state index contributed by atoms with van der Waals surface area (Å²) in [7, 11) is 0. The highest BCUT2D eigenvalue weighted by Crippen LogP contribution is 2.25. The Morgan fingerprint density at radius 1 is 0.848 bits per heavy atom. The first-order chi connectivity index (χ1) is 15.8. The van der Waals surface area contributed by atoms with Gasteiger partial charge in [0.15, 0.2) is 0 Å². The molecular weight excluding hydrogens is 431 g/mol. The Labute approximate surface area is 190 Å². The number of carboxylic acids is 2. The molecule has 0 aromatic heterocycles. The maximum absolute atomic E-state index is 14.0. The van der Waals surface area contributed by atoms with Crippen molar-refractivity contribution in [3.63, 3.8) is 0 Å². The third-order valence-electron chi connectivity index (χ3n) is 5.79. The lowest BCUT2D eigenvalue weighted by atomic mass is 9.93. The van der Waals surface area contributed by atoms with E-state index in [1.165, 1.54) is 23.3 Å². The molecule has 9 heteroatoms. The molecule has 1 unspecified atom stereocenters. The summed E-state index contributed by atoms with van der Waals surface area (Å²) in [6, 6.07) is 14.3. The van der Waals surface area contributed by atoms with Crippen molar-refractivity contribution in [1.82, 2.24) is 9.80 Å². The molecule has 2 aliphatic rings. The van der Waals surface area contributed by atoms with E-state index in [1.54, 1.807) is 17.0 Å². The number of amides is 2. The minimum absolute atomic E-state index is 0.0810. The predicted octanol–water partition coefficient (Wildman–Crippen LogP) is 2.42. The number of likely N-dealkylation sites (tertiary alicyclic amines) is 1. The molecule has 1 fully saturated rings. The van der Waals surface area contributed by atoms with E-state index in [0.717, 1.165) is 19.3 Å². The fourth-order valence-corrected chi connectivity index (χ4v) is 4.11. The Kier molecular flexibility index (Phi) is 7.76. The van der Waals surface area contributed by atoms with Crippen molar-refractivity contribution < 1.29 is 33.8 Å². The molecular formula is C24H25FN2O6. The van der Waals surface area contributed by atoms with E-state index >= 15 is 0 Å². The minimum Gasteiger partial charge on any atom is -0.473 e. The van der Waals surface area contributed by atoms with E-state index in [9.17, 15) is 14.0 Å². The lowest BCUT2D eigenvalue weighted by molar-refractivity contribution is -0.159. The van der Waals surface area contributed by atoms with Crippen LogP contribution in [0.4, 0.5) is 4.39 Å². The number of aliphatic carboxylic acids is 2. The lowest BCUT2D eigenvalue weighted by Gasteiger charge is -2.36. The van der Waals surface area contributed by atoms with E-state index in [0.29, 0.717) is 26.2 Å². The first-order valence-corrected chi connectivity index (χ1v) is 10.6. The zero-order chi connectivity index (χ0) is 24.0. The van der Waals surface area contributed by atoms with E-state index in [2.05, 4.69) is 12.1 Å². The van der Waals surface area contributed by atoms with Crippen LogP contribution in [0, 0.1) is 11.7 Å². The maximum atomic E-state index is 14.0. The predicted molar refractivity (Wildman–Crippen MR) is 116 cm³/mol. The molecule has 4 rings (SSSR count). The molecule has 0 bridgehead atoms. The summed E-state index contributed by atoms with van der Waals surface area (Å²) in [5.41, 5.74) is 2.59. The van der Waals surface area contributed by atoms with Gasteiger partial charge >= 0.3 is 11.9 Å². The molecule has 0 spiro atoms. The van der Waals surface area contributed by atoms with E-state index < -0.39 is 17.8 Å². The summed E-state index contributed by atoms with van der Waals surface area (Å²) in [6.45, 7) is 2.28. The van der Waals surface area contributed by atoms with E-state index in [4.69, 9.17) is 19.8 Å². The molecule has 174 valence electrons. The van der Waals surface area contributed by atoms with Crippen LogP contribution in [0.1, 0.15) is 34.3 Å². The molecule has 2 amide bonds. The van der Waals surface area contributed by atoms with Crippen molar-refractivity contribution in [1.29, 1.82) is 0 Å². The molecule has 2 aromatic rings. The molecule has 2 N–H and O–H groups in total. The highest BCUT2D eigenvalue weighted by atomic mass is 19.1. The summed E-state index contributed by atoms with van der Waals surface area (Å²) in [5.74, 6) is -4.58. The number of benzene rings is 2. The van der Waals surface area contributed by atoms with Crippen molar-refractivity contribution >= 4 is 23.8 Å². The Hall–Kier alpha value is -3.75.